The zero-order chi connectivity index (χ0) is 21.7. The Morgan fingerprint density at radius 3 is 2.43 bits per heavy atom. The number of hydrogen-bond acceptors (Lipinski definition) is 9. The van der Waals surface area contributed by atoms with Crippen molar-refractivity contribution in [1.29, 1.82) is 0 Å². The molecule has 3 N–H and O–H groups in total. The Kier molecular flexibility index (Phi) is 6.09. The topological polar surface area (TPSA) is 148 Å². The Hall–Kier alpha value is -3.77. The van der Waals surface area contributed by atoms with E-state index < -0.39 is 20.6 Å². The Morgan fingerprint density at radius 2 is 1.77 bits per heavy atom. The van der Waals surface area contributed by atoms with Gasteiger partial charge in [0.05, 0.1) is 16.9 Å². The number of nitrogens with one attached hydrogen (secondary N) is 3. The first-order chi connectivity index (χ1) is 14.3. The molecule has 0 unspecified atom stereocenters. The van der Waals surface area contributed by atoms with Crippen LogP contribution in [-0.4, -0.2) is 30.4 Å². The van der Waals surface area contributed by atoms with Crippen LogP contribution in [0.4, 0.5) is 23.0 Å². The third-order valence-corrected chi connectivity index (χ3v) is 5.24. The first-order valence-electron chi connectivity index (χ1n) is 8.55. The molecule has 0 aliphatic carbocycles. The summed E-state index contributed by atoms with van der Waals surface area (Å²) in [5, 5.41) is 14.4. The summed E-state index contributed by atoms with van der Waals surface area (Å²) in [4.78, 5) is 20.7. The van der Waals surface area contributed by atoms with Gasteiger partial charge in [0.1, 0.15) is 12.1 Å². The van der Waals surface area contributed by atoms with Crippen molar-refractivity contribution in [3.8, 4) is 5.75 Å². The first-order valence-corrected chi connectivity index (χ1v) is 10.0. The summed E-state index contributed by atoms with van der Waals surface area (Å²) in [6.07, 6.45) is 1.07. The Labute approximate surface area is 172 Å². The summed E-state index contributed by atoms with van der Waals surface area (Å²) in [7, 11) is -2.49. The number of hydrazine groups is 1. The molecule has 0 saturated heterocycles. The van der Waals surface area contributed by atoms with Gasteiger partial charge >= 0.3 is 5.69 Å². The number of methoxy groups -OCH3 is 1. The lowest BCUT2D eigenvalue weighted by atomic mass is 10.2. The highest BCUT2D eigenvalue weighted by atomic mass is 32.2. The maximum atomic E-state index is 12.4. The SMILES string of the molecule is COc1cccc(Nc2ncnc(NNS(=O)(=O)c3ccc(C)cc3)c2[N+](=O)[O-])c1. The highest BCUT2D eigenvalue weighted by molar-refractivity contribution is 7.89. The van der Waals surface area contributed by atoms with Gasteiger partial charge in [-0.1, -0.05) is 23.8 Å². The Morgan fingerprint density at radius 1 is 1.07 bits per heavy atom. The molecule has 1 heterocycles. The molecule has 0 amide bonds. The molecule has 3 aromatic rings. The summed E-state index contributed by atoms with van der Waals surface area (Å²) >= 11 is 0. The second kappa shape index (κ2) is 8.71. The van der Waals surface area contributed by atoms with Gasteiger partial charge in [0, 0.05) is 11.8 Å². The second-order valence-electron chi connectivity index (χ2n) is 6.08. The van der Waals surface area contributed by atoms with Crippen LogP contribution in [0, 0.1) is 17.0 Å². The predicted molar refractivity (Wildman–Crippen MR) is 110 cm³/mol. The largest absolute Gasteiger partial charge is 0.497 e. The van der Waals surface area contributed by atoms with Crippen LogP contribution in [0.2, 0.25) is 0 Å². The molecule has 0 aliphatic heterocycles. The van der Waals surface area contributed by atoms with Gasteiger partial charge < -0.3 is 10.1 Å². The van der Waals surface area contributed by atoms with E-state index in [4.69, 9.17) is 4.74 Å². The first kappa shape index (κ1) is 21.0. The highest BCUT2D eigenvalue weighted by Gasteiger charge is 2.25. The number of benzene rings is 2. The van der Waals surface area contributed by atoms with E-state index in [1.807, 2.05) is 6.92 Å². The third-order valence-electron chi connectivity index (χ3n) is 3.97. The van der Waals surface area contributed by atoms with Crippen LogP contribution in [0.25, 0.3) is 0 Å². The minimum absolute atomic E-state index is 0.00737. The van der Waals surface area contributed by atoms with Crippen molar-refractivity contribution < 1.29 is 18.1 Å². The van der Waals surface area contributed by atoms with E-state index >= 15 is 0 Å². The van der Waals surface area contributed by atoms with Crippen LogP contribution in [0.5, 0.6) is 5.75 Å². The van der Waals surface area contributed by atoms with E-state index in [2.05, 4.69) is 25.5 Å². The normalized spacial score (nSPS) is 11.0. The molecule has 0 aliphatic rings. The van der Waals surface area contributed by atoms with Crippen LogP contribution >= 0.6 is 0 Å². The lowest BCUT2D eigenvalue weighted by molar-refractivity contribution is -0.383. The Balaban J connectivity index is 1.87. The molecule has 0 spiro atoms. The van der Waals surface area contributed by atoms with Crippen LogP contribution in [-0.2, 0) is 10.0 Å². The molecule has 12 heteroatoms. The summed E-state index contributed by atoms with van der Waals surface area (Å²) in [6.45, 7) is 1.82. The van der Waals surface area contributed by atoms with Gasteiger partial charge in [-0.15, -0.1) is 4.83 Å². The molecular formula is C18H18N6O5S. The molecule has 0 radical (unpaired) electrons. The summed E-state index contributed by atoms with van der Waals surface area (Å²) in [5.74, 6) is 0.0947. The van der Waals surface area contributed by atoms with Gasteiger partial charge in [-0.3, -0.25) is 15.5 Å². The van der Waals surface area contributed by atoms with Crippen LogP contribution < -0.4 is 20.3 Å². The van der Waals surface area contributed by atoms with Crippen LogP contribution in [0.15, 0.2) is 59.8 Å². The van der Waals surface area contributed by atoms with Crippen molar-refractivity contribution in [3.05, 3.63) is 70.5 Å². The van der Waals surface area contributed by atoms with E-state index in [9.17, 15) is 18.5 Å². The number of rotatable bonds is 8. The van der Waals surface area contributed by atoms with E-state index in [1.165, 1.54) is 19.2 Å². The predicted octanol–water partition coefficient (Wildman–Crippen LogP) is 2.75. The minimum atomic E-state index is -3.98. The van der Waals surface area contributed by atoms with E-state index in [1.54, 1.807) is 36.4 Å². The number of aromatic nitrogens is 2. The molecule has 11 nitrogen and oxygen atoms in total. The van der Waals surface area contributed by atoms with Gasteiger partial charge in [0.25, 0.3) is 10.0 Å². The fraction of sp³-hybridized carbons (Fsp3) is 0.111. The second-order valence-corrected chi connectivity index (χ2v) is 7.76. The fourth-order valence-corrected chi connectivity index (χ4v) is 3.31. The smallest absolute Gasteiger partial charge is 0.354 e. The highest BCUT2D eigenvalue weighted by Crippen LogP contribution is 2.31. The monoisotopic (exact) mass is 430 g/mol. The molecule has 0 atom stereocenters. The Bertz CT molecular complexity index is 1170. The molecule has 3 rings (SSSR count). The number of nitrogens with zero attached hydrogens (tertiary/aromatic N) is 3. The van der Waals surface area contributed by atoms with E-state index in [-0.39, 0.29) is 16.5 Å². The lowest BCUT2D eigenvalue weighted by Gasteiger charge is -2.12. The standard InChI is InChI=1S/C18H18N6O5S/c1-12-6-8-15(9-7-12)30(27,28)23-22-18-16(24(25)26)17(19-11-20-18)21-13-4-3-5-14(10-13)29-2/h3-11,23H,1-2H3,(H2,19,20,21,22). The van der Waals surface area contributed by atoms with Crippen molar-refractivity contribution in [1.82, 2.24) is 14.8 Å². The summed E-state index contributed by atoms with van der Waals surface area (Å²) in [5.41, 5.74) is 3.14. The molecule has 2 aromatic carbocycles. The van der Waals surface area contributed by atoms with Crippen molar-refractivity contribution in [2.24, 2.45) is 0 Å². The van der Waals surface area contributed by atoms with E-state index in [0.717, 1.165) is 11.9 Å². The van der Waals surface area contributed by atoms with Gasteiger partial charge in [-0.05, 0) is 31.2 Å². The lowest BCUT2D eigenvalue weighted by Crippen LogP contribution is -2.30. The van der Waals surface area contributed by atoms with Crippen molar-refractivity contribution in [2.75, 3.05) is 17.9 Å². The average molecular weight is 430 g/mol. The molecule has 0 fully saturated rings. The molecule has 156 valence electrons. The average Bonchev–Trinajstić information content (AvgIpc) is 2.72. The number of ether oxygens (including phenoxy) is 1. The third kappa shape index (κ3) is 4.79. The maximum absolute atomic E-state index is 12.4. The zero-order valence-corrected chi connectivity index (χ0v) is 16.8. The number of nitro groups is 1. The van der Waals surface area contributed by atoms with Gasteiger partial charge in [-0.2, -0.15) is 0 Å². The van der Waals surface area contributed by atoms with Gasteiger partial charge in [0.2, 0.25) is 11.6 Å². The van der Waals surface area contributed by atoms with Crippen molar-refractivity contribution in [3.63, 3.8) is 0 Å². The van der Waals surface area contributed by atoms with Gasteiger partial charge in [0.15, 0.2) is 0 Å². The summed E-state index contributed by atoms with van der Waals surface area (Å²) < 4.78 is 30.0. The number of anilines is 3. The molecule has 30 heavy (non-hydrogen) atoms. The molecular weight excluding hydrogens is 412 g/mol. The van der Waals surface area contributed by atoms with E-state index in [0.29, 0.717) is 11.4 Å². The fourth-order valence-electron chi connectivity index (χ4n) is 2.46. The summed E-state index contributed by atoms with van der Waals surface area (Å²) in [6, 6.07) is 12.8. The molecule has 0 bridgehead atoms. The maximum Gasteiger partial charge on any atom is 0.354 e. The molecule has 0 saturated carbocycles. The van der Waals surface area contributed by atoms with Crippen LogP contribution in [0.3, 0.4) is 0 Å². The van der Waals surface area contributed by atoms with Crippen molar-refractivity contribution >= 4 is 33.0 Å². The molecule has 1 aromatic heterocycles. The van der Waals surface area contributed by atoms with Gasteiger partial charge in [-0.25, -0.2) is 18.4 Å². The minimum Gasteiger partial charge on any atom is -0.497 e. The zero-order valence-electron chi connectivity index (χ0n) is 16.0. The van der Waals surface area contributed by atoms with Crippen molar-refractivity contribution in [2.45, 2.75) is 11.8 Å². The quantitative estimate of drug-likeness (QED) is 0.362. The number of sulfonamides is 1. The van der Waals surface area contributed by atoms with Crippen LogP contribution in [0.1, 0.15) is 5.56 Å². The number of hydrogen-bond donors (Lipinski definition) is 3. The number of aryl methyl sites for hydroxylation is 1.